The van der Waals surface area contributed by atoms with Gasteiger partial charge in [-0.3, -0.25) is 9.69 Å². The van der Waals surface area contributed by atoms with E-state index in [9.17, 15) is 14.7 Å². The van der Waals surface area contributed by atoms with Crippen molar-refractivity contribution in [2.24, 2.45) is 5.92 Å². The lowest BCUT2D eigenvalue weighted by atomic mass is 9.99. The topological polar surface area (TPSA) is 122 Å². The Bertz CT molecular complexity index is 1730. The molecule has 3 amide bonds. The van der Waals surface area contributed by atoms with Crippen LogP contribution in [0, 0.1) is 5.92 Å². The second-order valence-corrected chi connectivity index (χ2v) is 12.2. The van der Waals surface area contributed by atoms with Crippen LogP contribution >= 0.6 is 0 Å². The number of nitrogens with one attached hydrogen (secondary N) is 2. The van der Waals surface area contributed by atoms with Crippen LogP contribution in [0.3, 0.4) is 0 Å². The number of amides is 3. The molecule has 3 atom stereocenters. The molecule has 0 radical (unpaired) electrons. The first-order valence-corrected chi connectivity index (χ1v) is 16.0. The summed E-state index contributed by atoms with van der Waals surface area (Å²) >= 11 is 0. The maximum atomic E-state index is 13.8. The van der Waals surface area contributed by atoms with Gasteiger partial charge in [-0.05, 0) is 74.1 Å². The summed E-state index contributed by atoms with van der Waals surface area (Å²) in [7, 11) is 2.04. The molecule has 2 aliphatic rings. The zero-order valence-electron chi connectivity index (χ0n) is 27.2. The molecule has 250 valence electrons. The molecule has 0 fully saturated rings. The Morgan fingerprint density at radius 3 is 2.33 bits per heavy atom. The van der Waals surface area contributed by atoms with Gasteiger partial charge in [-0.2, -0.15) is 0 Å². The molecule has 2 aliphatic heterocycles. The van der Waals surface area contributed by atoms with Crippen molar-refractivity contribution in [2.75, 3.05) is 44.2 Å². The number of anilines is 2. The van der Waals surface area contributed by atoms with E-state index < -0.39 is 12.1 Å². The lowest BCUT2D eigenvalue weighted by Gasteiger charge is -2.38. The molecule has 0 spiro atoms. The molecular weight excluding hydrogens is 612 g/mol. The van der Waals surface area contributed by atoms with Gasteiger partial charge in [0.05, 0.1) is 18.2 Å². The number of aliphatic hydroxyl groups is 1. The van der Waals surface area contributed by atoms with Gasteiger partial charge in [0, 0.05) is 43.0 Å². The lowest BCUT2D eigenvalue weighted by Crippen LogP contribution is -2.49. The minimum absolute atomic E-state index is 0.0366. The van der Waals surface area contributed by atoms with E-state index >= 15 is 0 Å². The summed E-state index contributed by atoms with van der Waals surface area (Å²) in [5.74, 6) is 2.83. The molecule has 2 heterocycles. The van der Waals surface area contributed by atoms with E-state index in [1.54, 1.807) is 41.3 Å². The van der Waals surface area contributed by atoms with E-state index in [2.05, 4.69) is 22.5 Å². The summed E-state index contributed by atoms with van der Waals surface area (Å²) in [5.41, 5.74) is 2.38. The van der Waals surface area contributed by atoms with Gasteiger partial charge in [0.2, 0.25) is 6.79 Å². The predicted molar refractivity (Wildman–Crippen MR) is 182 cm³/mol. The fourth-order valence-corrected chi connectivity index (χ4v) is 5.76. The molecule has 11 heteroatoms. The predicted octanol–water partition coefficient (Wildman–Crippen LogP) is 6.20. The zero-order valence-corrected chi connectivity index (χ0v) is 27.2. The summed E-state index contributed by atoms with van der Waals surface area (Å²) in [6.45, 7) is 5.50. The first-order valence-electron chi connectivity index (χ1n) is 16.0. The smallest absolute Gasteiger partial charge is 0.323 e. The number of benzene rings is 4. The Hall–Kier alpha value is -5.26. The lowest BCUT2D eigenvalue weighted by molar-refractivity contribution is 0.0341. The Balaban J connectivity index is 1.15. The molecule has 0 saturated heterocycles. The summed E-state index contributed by atoms with van der Waals surface area (Å²) in [6.07, 6.45) is -0.260. The monoisotopic (exact) mass is 652 g/mol. The van der Waals surface area contributed by atoms with Gasteiger partial charge in [-0.15, -0.1) is 0 Å². The number of carbonyl (C=O) groups excluding carboxylic acids is 2. The molecule has 0 bridgehead atoms. The number of hydrogen-bond acceptors (Lipinski definition) is 8. The van der Waals surface area contributed by atoms with Gasteiger partial charge in [0.25, 0.3) is 5.91 Å². The second kappa shape index (κ2) is 14.7. The molecule has 0 unspecified atom stereocenters. The van der Waals surface area contributed by atoms with E-state index in [1.807, 2.05) is 68.6 Å². The molecule has 0 aliphatic carbocycles. The number of fused-ring (bicyclic) bond motifs is 2. The number of carbonyl (C=O) groups is 2. The number of urea groups is 1. The van der Waals surface area contributed by atoms with E-state index in [0.717, 1.165) is 17.1 Å². The van der Waals surface area contributed by atoms with Crippen LogP contribution in [0.15, 0.2) is 91.0 Å². The van der Waals surface area contributed by atoms with Crippen LogP contribution in [0.5, 0.6) is 28.7 Å². The summed E-state index contributed by atoms with van der Waals surface area (Å²) in [4.78, 5) is 30.6. The van der Waals surface area contributed by atoms with Gasteiger partial charge in [0.15, 0.2) is 11.5 Å². The normalized spacial score (nSPS) is 17.5. The molecule has 4 aromatic carbocycles. The van der Waals surface area contributed by atoms with Crippen LogP contribution < -0.4 is 29.6 Å². The van der Waals surface area contributed by atoms with Gasteiger partial charge < -0.3 is 39.6 Å². The van der Waals surface area contributed by atoms with Crippen LogP contribution in [0.4, 0.5) is 16.2 Å². The summed E-state index contributed by atoms with van der Waals surface area (Å²) < 4.78 is 23.2. The standard InChI is InChI=1S/C37H40N4O7/c1-24-19-41(25(2)22-42)36(43)31-17-27(38-37(44)39-28-12-16-33-34(18-28)46-23-45-33)11-15-32(31)48-35(24)21-40(3)20-26-9-13-30(14-10-26)47-29-7-5-4-6-8-29/h4-18,24-25,35,42H,19-23H2,1-3H3,(H2,38,39,44)/t24-,25-,35-/m1/s1. The van der Waals surface area contributed by atoms with Gasteiger partial charge in [0.1, 0.15) is 23.4 Å². The molecule has 11 nitrogen and oxygen atoms in total. The van der Waals surface area contributed by atoms with Crippen molar-refractivity contribution in [1.29, 1.82) is 0 Å². The van der Waals surface area contributed by atoms with Gasteiger partial charge in [-0.1, -0.05) is 37.3 Å². The van der Waals surface area contributed by atoms with Gasteiger partial charge in [-0.25, -0.2) is 4.79 Å². The number of para-hydroxylation sites is 1. The van der Waals surface area contributed by atoms with Crippen molar-refractivity contribution >= 4 is 23.3 Å². The van der Waals surface area contributed by atoms with E-state index in [1.165, 1.54) is 0 Å². The highest BCUT2D eigenvalue weighted by atomic mass is 16.7. The third-order valence-corrected chi connectivity index (χ3v) is 8.40. The van der Waals surface area contributed by atoms with Crippen LogP contribution in [-0.2, 0) is 6.54 Å². The number of rotatable bonds is 10. The minimum Gasteiger partial charge on any atom is -0.488 e. The Morgan fingerprint density at radius 2 is 1.60 bits per heavy atom. The molecule has 3 N–H and O–H groups in total. The third-order valence-electron chi connectivity index (χ3n) is 8.40. The Labute approximate surface area is 280 Å². The number of ether oxygens (including phenoxy) is 4. The van der Waals surface area contributed by atoms with Crippen molar-refractivity contribution in [3.05, 3.63) is 102 Å². The van der Waals surface area contributed by atoms with Crippen LogP contribution in [0.1, 0.15) is 29.8 Å². The molecule has 48 heavy (non-hydrogen) atoms. The van der Waals surface area contributed by atoms with Crippen molar-refractivity contribution in [3.63, 3.8) is 0 Å². The largest absolute Gasteiger partial charge is 0.488 e. The maximum absolute atomic E-state index is 13.8. The quantitative estimate of drug-likeness (QED) is 0.185. The van der Waals surface area contributed by atoms with Crippen molar-refractivity contribution in [2.45, 2.75) is 32.5 Å². The summed E-state index contributed by atoms with van der Waals surface area (Å²) in [5, 5.41) is 15.6. The third kappa shape index (κ3) is 7.81. The first kappa shape index (κ1) is 32.7. The fourth-order valence-electron chi connectivity index (χ4n) is 5.76. The average molecular weight is 653 g/mol. The van der Waals surface area contributed by atoms with Crippen LogP contribution in [-0.4, -0.2) is 72.5 Å². The van der Waals surface area contributed by atoms with Crippen molar-refractivity contribution < 1.29 is 33.6 Å². The van der Waals surface area contributed by atoms with Crippen molar-refractivity contribution in [3.8, 4) is 28.7 Å². The van der Waals surface area contributed by atoms with E-state index in [0.29, 0.717) is 53.8 Å². The molecular formula is C37H40N4O7. The van der Waals surface area contributed by atoms with Gasteiger partial charge >= 0.3 is 6.03 Å². The van der Waals surface area contributed by atoms with E-state index in [4.69, 9.17) is 18.9 Å². The highest BCUT2D eigenvalue weighted by Gasteiger charge is 2.33. The van der Waals surface area contributed by atoms with Crippen molar-refractivity contribution in [1.82, 2.24) is 9.80 Å². The Morgan fingerprint density at radius 1 is 0.938 bits per heavy atom. The molecule has 6 rings (SSSR count). The molecule has 0 aromatic heterocycles. The zero-order chi connectivity index (χ0) is 33.6. The highest BCUT2D eigenvalue weighted by Crippen LogP contribution is 2.35. The summed E-state index contributed by atoms with van der Waals surface area (Å²) in [6, 6.07) is 26.9. The molecule has 0 saturated carbocycles. The SMILES string of the molecule is C[C@@H]1CN([C@H](C)CO)C(=O)c2cc(NC(=O)Nc3ccc4c(c3)OCO4)ccc2O[C@@H]1CN(C)Cc1ccc(Oc2ccccc2)cc1. The van der Waals surface area contributed by atoms with Crippen LogP contribution in [0.2, 0.25) is 0 Å². The number of hydrogen-bond donors (Lipinski definition) is 3. The number of aliphatic hydroxyl groups excluding tert-OH is 1. The number of likely N-dealkylation sites (N-methyl/N-ethyl adjacent to an activating group) is 1. The van der Waals surface area contributed by atoms with E-state index in [-0.39, 0.29) is 31.3 Å². The molecule has 4 aromatic rings. The maximum Gasteiger partial charge on any atom is 0.323 e. The van der Waals surface area contributed by atoms with Crippen LogP contribution in [0.25, 0.3) is 0 Å². The highest BCUT2D eigenvalue weighted by molar-refractivity contribution is 6.02. The first-order chi connectivity index (χ1) is 23.2. The number of nitrogens with zero attached hydrogens (tertiary/aromatic N) is 2. The average Bonchev–Trinajstić information content (AvgIpc) is 3.56. The minimum atomic E-state index is -0.485. The second-order valence-electron chi connectivity index (χ2n) is 12.2. The Kier molecular flexibility index (Phi) is 9.98. The fraction of sp³-hybridized carbons (Fsp3) is 0.297.